The predicted octanol–water partition coefficient (Wildman–Crippen LogP) is 5.43. The van der Waals surface area contributed by atoms with E-state index in [0.29, 0.717) is 29.5 Å². The SMILES string of the molecule is Cc1cc(N2CC3CCC(C2)C3Nc2nc3c(-c4ccc(OCC(F)(F)F)cc4)cccn3n2)sn1. The molecule has 0 amide bonds. The molecule has 2 unspecified atom stereocenters. The average molecular weight is 515 g/mol. The van der Waals surface area contributed by atoms with Crippen LogP contribution in [0.5, 0.6) is 5.75 Å². The number of rotatable bonds is 6. The zero-order chi connectivity index (χ0) is 24.9. The van der Waals surface area contributed by atoms with Crippen molar-refractivity contribution < 1.29 is 17.9 Å². The van der Waals surface area contributed by atoms with Crippen molar-refractivity contribution in [2.24, 2.45) is 11.8 Å². The maximum Gasteiger partial charge on any atom is 0.422 e. The molecule has 4 aromatic rings. The van der Waals surface area contributed by atoms with E-state index >= 15 is 0 Å². The summed E-state index contributed by atoms with van der Waals surface area (Å²) in [5, 5.41) is 9.53. The minimum absolute atomic E-state index is 0.169. The maximum atomic E-state index is 12.4. The summed E-state index contributed by atoms with van der Waals surface area (Å²) in [4.78, 5) is 7.25. The first-order valence-electron chi connectivity index (χ1n) is 11.9. The number of hydrogen-bond acceptors (Lipinski definition) is 7. The van der Waals surface area contributed by atoms with Gasteiger partial charge in [-0.25, -0.2) is 4.52 Å². The van der Waals surface area contributed by atoms with Gasteiger partial charge in [0.25, 0.3) is 0 Å². The van der Waals surface area contributed by atoms with Crippen molar-refractivity contribution in [3.63, 3.8) is 0 Å². The highest BCUT2D eigenvalue weighted by molar-refractivity contribution is 7.10. The standard InChI is InChI=1S/C25H25F3N6OS/c1-15-11-21(36-32-15)33-12-17-4-5-18(13-33)22(17)29-24-30-23-20(3-2-10-34(23)31-24)16-6-8-19(9-7-16)35-14-25(26,27)28/h2-3,6-11,17-18,22H,4-5,12-14H2,1H3,(H,29,31). The van der Waals surface area contributed by atoms with E-state index in [1.54, 1.807) is 28.2 Å². The molecule has 1 saturated heterocycles. The zero-order valence-electron chi connectivity index (χ0n) is 19.6. The van der Waals surface area contributed by atoms with Crippen molar-refractivity contribution in [3.8, 4) is 16.9 Å². The summed E-state index contributed by atoms with van der Waals surface area (Å²) >= 11 is 1.57. The predicted molar refractivity (Wildman–Crippen MR) is 133 cm³/mol. The molecule has 2 fully saturated rings. The van der Waals surface area contributed by atoms with Crippen LogP contribution >= 0.6 is 11.5 Å². The molecule has 7 nitrogen and oxygen atoms in total. The van der Waals surface area contributed by atoms with Crippen LogP contribution in [0.25, 0.3) is 16.8 Å². The molecule has 2 aliphatic rings. The lowest BCUT2D eigenvalue weighted by Gasteiger charge is -2.38. The van der Waals surface area contributed by atoms with Crippen LogP contribution in [0.1, 0.15) is 18.5 Å². The number of benzene rings is 1. The fourth-order valence-corrected chi connectivity index (χ4v) is 6.15. The van der Waals surface area contributed by atoms with Crippen molar-refractivity contribution in [1.29, 1.82) is 0 Å². The number of aryl methyl sites for hydroxylation is 1. The number of nitrogens with one attached hydrogen (secondary N) is 1. The number of pyridine rings is 1. The number of nitrogens with zero attached hydrogens (tertiary/aromatic N) is 5. The van der Waals surface area contributed by atoms with Crippen LogP contribution in [-0.4, -0.2) is 50.9 Å². The molecular formula is C25H25F3N6OS. The topological polar surface area (TPSA) is 67.6 Å². The van der Waals surface area contributed by atoms with Crippen molar-refractivity contribution in [2.45, 2.75) is 32.0 Å². The van der Waals surface area contributed by atoms with E-state index in [-0.39, 0.29) is 5.75 Å². The van der Waals surface area contributed by atoms with Gasteiger partial charge in [-0.15, -0.1) is 5.10 Å². The Morgan fingerprint density at radius 1 is 1.11 bits per heavy atom. The first-order chi connectivity index (χ1) is 17.3. The molecule has 11 heteroatoms. The van der Waals surface area contributed by atoms with Crippen LogP contribution in [0.2, 0.25) is 0 Å². The molecule has 1 aliphatic carbocycles. The molecule has 188 valence electrons. The van der Waals surface area contributed by atoms with E-state index < -0.39 is 12.8 Å². The van der Waals surface area contributed by atoms with Crippen LogP contribution < -0.4 is 15.0 Å². The Kier molecular flexibility index (Phi) is 5.74. The van der Waals surface area contributed by atoms with Crippen LogP contribution in [0, 0.1) is 18.8 Å². The lowest BCUT2D eigenvalue weighted by molar-refractivity contribution is -0.153. The first kappa shape index (κ1) is 23.1. The second kappa shape index (κ2) is 8.95. The van der Waals surface area contributed by atoms with Gasteiger partial charge in [0.2, 0.25) is 5.95 Å². The highest BCUT2D eigenvalue weighted by atomic mass is 32.1. The summed E-state index contributed by atoms with van der Waals surface area (Å²) in [6.07, 6.45) is -0.164. The summed E-state index contributed by atoms with van der Waals surface area (Å²) in [7, 11) is 0. The quantitative estimate of drug-likeness (QED) is 0.370. The Hall–Kier alpha value is -3.34. The summed E-state index contributed by atoms with van der Waals surface area (Å²) < 4.78 is 48.3. The largest absolute Gasteiger partial charge is 0.484 e. The number of alkyl halides is 3. The smallest absolute Gasteiger partial charge is 0.422 e. The van der Waals surface area contributed by atoms with Crippen molar-refractivity contribution in [1.82, 2.24) is 19.0 Å². The van der Waals surface area contributed by atoms with Gasteiger partial charge < -0.3 is 15.0 Å². The number of fused-ring (bicyclic) bond motifs is 3. The Labute approximate surface area is 210 Å². The molecule has 1 aliphatic heterocycles. The van der Waals surface area contributed by atoms with E-state index in [2.05, 4.69) is 25.8 Å². The van der Waals surface area contributed by atoms with Gasteiger partial charge >= 0.3 is 6.18 Å². The lowest BCUT2D eigenvalue weighted by Crippen LogP contribution is -2.48. The fourth-order valence-electron chi connectivity index (χ4n) is 5.38. The summed E-state index contributed by atoms with van der Waals surface area (Å²) in [6, 6.07) is 12.8. The Morgan fingerprint density at radius 3 is 2.53 bits per heavy atom. The van der Waals surface area contributed by atoms with E-state index in [1.807, 2.05) is 25.3 Å². The van der Waals surface area contributed by atoms with Crippen LogP contribution in [0.4, 0.5) is 24.1 Å². The van der Waals surface area contributed by atoms with Gasteiger partial charge in [-0.1, -0.05) is 12.1 Å². The molecule has 4 heterocycles. The van der Waals surface area contributed by atoms with E-state index in [0.717, 1.165) is 29.9 Å². The fraction of sp³-hybridized carbons (Fsp3) is 0.400. The van der Waals surface area contributed by atoms with Crippen molar-refractivity contribution >= 4 is 28.1 Å². The molecule has 36 heavy (non-hydrogen) atoms. The van der Waals surface area contributed by atoms with Gasteiger partial charge in [-0.2, -0.15) is 22.5 Å². The monoisotopic (exact) mass is 514 g/mol. The summed E-state index contributed by atoms with van der Waals surface area (Å²) in [5.41, 5.74) is 3.43. The minimum Gasteiger partial charge on any atom is -0.484 e. The Morgan fingerprint density at radius 2 is 1.86 bits per heavy atom. The molecular weight excluding hydrogens is 489 g/mol. The third-order valence-electron chi connectivity index (χ3n) is 6.99. The van der Waals surface area contributed by atoms with Gasteiger partial charge in [0.05, 0.1) is 5.69 Å². The summed E-state index contributed by atoms with van der Waals surface area (Å²) in [6.45, 7) is 2.71. The molecule has 6 rings (SSSR count). The maximum absolute atomic E-state index is 12.4. The third-order valence-corrected chi connectivity index (χ3v) is 7.93. The molecule has 0 spiro atoms. The molecule has 2 atom stereocenters. The van der Waals surface area contributed by atoms with E-state index in [1.165, 1.54) is 30.0 Å². The normalized spacial score (nSPS) is 21.8. The van der Waals surface area contributed by atoms with Crippen molar-refractivity contribution in [2.75, 3.05) is 29.9 Å². The van der Waals surface area contributed by atoms with Gasteiger partial charge in [-0.3, -0.25) is 0 Å². The van der Waals surface area contributed by atoms with Gasteiger partial charge in [0.15, 0.2) is 12.3 Å². The van der Waals surface area contributed by atoms with Crippen LogP contribution in [-0.2, 0) is 0 Å². The first-order valence-corrected chi connectivity index (χ1v) is 12.7. The average Bonchev–Trinajstić information content (AvgIpc) is 3.53. The second-order valence-electron chi connectivity index (χ2n) is 9.53. The minimum atomic E-state index is -4.37. The van der Waals surface area contributed by atoms with Gasteiger partial charge in [-0.05, 0) is 79.0 Å². The second-order valence-corrected chi connectivity index (χ2v) is 10.3. The van der Waals surface area contributed by atoms with E-state index in [9.17, 15) is 13.2 Å². The third kappa shape index (κ3) is 4.59. The number of aromatic nitrogens is 4. The number of halogens is 3. The molecule has 1 saturated carbocycles. The summed E-state index contributed by atoms with van der Waals surface area (Å²) in [5.74, 6) is 1.79. The Bertz CT molecular complexity index is 1350. The number of ether oxygens (including phenoxy) is 1. The Balaban J connectivity index is 1.19. The molecule has 0 radical (unpaired) electrons. The number of anilines is 2. The molecule has 1 aromatic carbocycles. The van der Waals surface area contributed by atoms with Gasteiger partial charge in [0.1, 0.15) is 10.8 Å². The van der Waals surface area contributed by atoms with E-state index in [4.69, 9.17) is 9.72 Å². The van der Waals surface area contributed by atoms with Crippen LogP contribution in [0.3, 0.4) is 0 Å². The van der Waals surface area contributed by atoms with Crippen LogP contribution in [0.15, 0.2) is 48.7 Å². The van der Waals surface area contributed by atoms with Gasteiger partial charge in [0, 0.05) is 30.9 Å². The number of piperidine rings is 1. The molecule has 2 bridgehead atoms. The highest BCUT2D eigenvalue weighted by Gasteiger charge is 2.43. The zero-order valence-corrected chi connectivity index (χ0v) is 20.4. The molecule has 1 N–H and O–H groups in total. The number of hydrogen-bond donors (Lipinski definition) is 1. The lowest BCUT2D eigenvalue weighted by atomic mass is 9.92. The van der Waals surface area contributed by atoms with Crippen molar-refractivity contribution in [3.05, 3.63) is 54.4 Å². The highest BCUT2D eigenvalue weighted by Crippen LogP contribution is 2.41. The molecule has 3 aromatic heterocycles.